The van der Waals surface area contributed by atoms with E-state index in [0.717, 1.165) is 11.0 Å². The van der Waals surface area contributed by atoms with Crippen molar-refractivity contribution in [3.8, 4) is 11.6 Å². The van der Waals surface area contributed by atoms with Crippen molar-refractivity contribution in [2.45, 2.75) is 119 Å². The van der Waals surface area contributed by atoms with Crippen LogP contribution in [0, 0.1) is 11.7 Å². The highest BCUT2D eigenvalue weighted by Gasteiger charge is 2.63. The molecule has 6 rings (SSSR count). The monoisotopic (exact) mass is 841 g/mol. The second-order valence-electron chi connectivity index (χ2n) is 15.9. The molecular weight excluding hydrogens is 795 g/mol. The van der Waals surface area contributed by atoms with E-state index < -0.39 is 91.9 Å². The number of hydrogen-bond donors (Lipinski definition) is 3. The maximum Gasteiger partial charge on any atom is 0.427 e. The maximum absolute atomic E-state index is 14.9. The average Bonchev–Trinajstić information content (AvgIpc) is 4.02. The number of aromatic nitrogens is 1. The molecule has 318 valence electrons. The highest BCUT2D eigenvalue weighted by atomic mass is 32.2. The van der Waals surface area contributed by atoms with Gasteiger partial charge in [0.05, 0.1) is 24.5 Å². The number of fused-ring (bicyclic) bond motifs is 3. The number of ether oxygens (including phenoxy) is 4. The van der Waals surface area contributed by atoms with Crippen molar-refractivity contribution in [1.82, 2.24) is 25.2 Å². The summed E-state index contributed by atoms with van der Waals surface area (Å²) in [5, 5.41) is 5.71. The number of nitrogens with zero attached hydrogens (tertiary/aromatic N) is 2. The number of alkyl halides is 3. The van der Waals surface area contributed by atoms with Gasteiger partial charge in [-0.1, -0.05) is 19.1 Å². The molecule has 15 nitrogen and oxygen atoms in total. The van der Waals surface area contributed by atoms with Crippen LogP contribution in [0.25, 0.3) is 10.8 Å². The van der Waals surface area contributed by atoms with Crippen molar-refractivity contribution < 1.29 is 64.1 Å². The van der Waals surface area contributed by atoms with Crippen LogP contribution in [0.4, 0.5) is 22.4 Å². The van der Waals surface area contributed by atoms with E-state index in [1.54, 1.807) is 25.1 Å². The zero-order chi connectivity index (χ0) is 42.4. The fourth-order valence-electron chi connectivity index (χ4n) is 7.08. The van der Waals surface area contributed by atoms with Gasteiger partial charge in [-0.05, 0) is 82.9 Å². The van der Waals surface area contributed by atoms with Crippen LogP contribution in [0.5, 0.6) is 11.6 Å². The SMILES string of the molecule is CCC1OCCCC=CC2CC2(C(=O)NS(=O)(=O)C2(C)CC2)NC(=O)C2CC(Oc3nccc4cc(OC)c(F)cc34)CN2C(=O)C1NC(=O)OC(C)(C)C(F)(F)F. The standard InChI is InChI=1S/C38H47F4N5O10S/c1-6-27-29(44-34(51)57-35(2,3)38(40,41)42)32(49)47-20-23(56-31-24-18-25(39)28(54-5)16-21(24)11-14-43-31)17-26(47)30(48)45-37(19-22(37)10-8-7-9-15-55-27)33(50)46-58(52,53)36(4)12-13-36/h8,10-11,14,16,18,22-23,26-27,29H,6-7,9,12-13,15,17,19-20H2,1-5H3,(H,44,51)(H,45,48)(H,46,50). The van der Waals surface area contributed by atoms with Gasteiger partial charge in [-0.2, -0.15) is 13.2 Å². The summed E-state index contributed by atoms with van der Waals surface area (Å²) in [4.78, 5) is 61.4. The zero-order valence-electron chi connectivity index (χ0n) is 32.6. The van der Waals surface area contributed by atoms with Gasteiger partial charge in [0.1, 0.15) is 23.7 Å². The quantitative estimate of drug-likeness (QED) is 0.243. The van der Waals surface area contributed by atoms with Gasteiger partial charge in [0.15, 0.2) is 11.6 Å². The summed E-state index contributed by atoms with van der Waals surface area (Å²) in [5.74, 6) is -4.17. The van der Waals surface area contributed by atoms with Crippen LogP contribution in [0.1, 0.15) is 72.6 Å². The second kappa shape index (κ2) is 15.8. The number of allylic oxidation sites excluding steroid dienone is 1. The largest absolute Gasteiger partial charge is 0.494 e. The predicted molar refractivity (Wildman–Crippen MR) is 198 cm³/mol. The van der Waals surface area contributed by atoms with Crippen molar-refractivity contribution >= 4 is 44.6 Å². The molecule has 2 aliphatic heterocycles. The third kappa shape index (κ3) is 8.53. The lowest BCUT2D eigenvalue weighted by Gasteiger charge is -2.34. The summed E-state index contributed by atoms with van der Waals surface area (Å²) < 4.78 is 105. The zero-order valence-corrected chi connectivity index (χ0v) is 33.4. The first-order chi connectivity index (χ1) is 27.1. The van der Waals surface area contributed by atoms with Crippen LogP contribution in [0.2, 0.25) is 0 Å². The van der Waals surface area contributed by atoms with Crippen molar-refractivity contribution in [3.63, 3.8) is 0 Å². The van der Waals surface area contributed by atoms with Gasteiger partial charge in [-0.15, -0.1) is 0 Å². The van der Waals surface area contributed by atoms with Gasteiger partial charge < -0.3 is 34.5 Å². The Morgan fingerprint density at radius 3 is 2.55 bits per heavy atom. The molecular formula is C38H47F4N5O10S. The van der Waals surface area contributed by atoms with E-state index >= 15 is 0 Å². The molecule has 1 aromatic carbocycles. The van der Waals surface area contributed by atoms with Crippen molar-refractivity contribution in [2.24, 2.45) is 5.92 Å². The van der Waals surface area contributed by atoms with E-state index in [2.05, 4.69) is 20.3 Å². The second-order valence-corrected chi connectivity index (χ2v) is 18.1. The number of pyridine rings is 1. The van der Waals surface area contributed by atoms with Crippen LogP contribution in [0.15, 0.2) is 36.5 Å². The minimum atomic E-state index is -4.96. The molecule has 1 saturated heterocycles. The Morgan fingerprint density at radius 1 is 1.17 bits per heavy atom. The number of carbonyl (C=O) groups is 4. The maximum atomic E-state index is 14.9. The van der Waals surface area contributed by atoms with Gasteiger partial charge in [-0.25, -0.2) is 22.6 Å². The summed E-state index contributed by atoms with van der Waals surface area (Å²) in [6.45, 7) is 4.13. The number of hydrogen-bond acceptors (Lipinski definition) is 11. The molecule has 1 aromatic heterocycles. The lowest BCUT2D eigenvalue weighted by atomic mass is 10.1. The molecule has 0 bridgehead atoms. The van der Waals surface area contributed by atoms with E-state index in [1.165, 1.54) is 26.3 Å². The van der Waals surface area contributed by atoms with Crippen LogP contribution < -0.4 is 24.8 Å². The van der Waals surface area contributed by atoms with Gasteiger partial charge in [0.2, 0.25) is 33.3 Å². The van der Waals surface area contributed by atoms with E-state index in [9.17, 15) is 45.2 Å². The molecule has 3 heterocycles. The molecule has 20 heteroatoms. The molecule has 6 unspecified atom stereocenters. The average molecular weight is 842 g/mol. The van der Waals surface area contributed by atoms with Gasteiger partial charge >= 0.3 is 12.3 Å². The third-order valence-electron chi connectivity index (χ3n) is 11.3. The third-order valence-corrected chi connectivity index (χ3v) is 13.4. The van der Waals surface area contributed by atoms with Crippen molar-refractivity contribution in [3.05, 3.63) is 42.4 Å². The Labute approximate surface area is 332 Å². The lowest BCUT2D eigenvalue weighted by Crippen LogP contribution is -2.61. The van der Waals surface area contributed by atoms with Crippen LogP contribution in [-0.4, -0.2) is 109 Å². The number of rotatable bonds is 9. The molecule has 4 aliphatic rings. The minimum Gasteiger partial charge on any atom is -0.494 e. The lowest BCUT2D eigenvalue weighted by molar-refractivity contribution is -0.244. The van der Waals surface area contributed by atoms with Crippen molar-refractivity contribution in [2.75, 3.05) is 20.3 Å². The Hall–Kier alpha value is -4.72. The number of sulfonamides is 1. The number of amides is 4. The van der Waals surface area contributed by atoms with Gasteiger partial charge in [0.25, 0.3) is 5.91 Å². The van der Waals surface area contributed by atoms with E-state index in [0.29, 0.717) is 44.9 Å². The van der Waals surface area contributed by atoms with Crippen LogP contribution in [0.3, 0.4) is 0 Å². The molecule has 6 atom stereocenters. The van der Waals surface area contributed by atoms with Crippen molar-refractivity contribution in [1.29, 1.82) is 0 Å². The number of methoxy groups -OCH3 is 1. The van der Waals surface area contributed by atoms with E-state index in [1.807, 2.05) is 0 Å². The first-order valence-electron chi connectivity index (χ1n) is 19.0. The summed E-state index contributed by atoms with van der Waals surface area (Å²) in [6.07, 6.45) is -2.41. The molecule has 58 heavy (non-hydrogen) atoms. The Kier molecular flexibility index (Phi) is 11.7. The molecule has 0 radical (unpaired) electrons. The molecule has 0 spiro atoms. The number of nitrogens with one attached hydrogen (secondary N) is 3. The number of carbonyl (C=O) groups excluding carboxylic acids is 4. The van der Waals surface area contributed by atoms with Gasteiger partial charge in [0, 0.05) is 30.5 Å². The molecule has 2 aromatic rings. The minimum absolute atomic E-state index is 0.0349. The summed E-state index contributed by atoms with van der Waals surface area (Å²) in [5.41, 5.74) is -4.65. The van der Waals surface area contributed by atoms with Crippen LogP contribution >= 0.6 is 0 Å². The van der Waals surface area contributed by atoms with E-state index in [4.69, 9.17) is 18.9 Å². The molecule has 4 amide bonds. The molecule has 3 fully saturated rings. The Bertz CT molecular complexity index is 2100. The first kappa shape index (κ1) is 42.9. The fraction of sp³-hybridized carbons (Fsp3) is 0.605. The molecule has 2 aliphatic carbocycles. The number of halogens is 4. The normalized spacial score (nSPS) is 27.6. The Morgan fingerprint density at radius 2 is 1.90 bits per heavy atom. The Balaban J connectivity index is 1.36. The van der Waals surface area contributed by atoms with E-state index in [-0.39, 0.29) is 49.4 Å². The number of benzene rings is 1. The summed E-state index contributed by atoms with van der Waals surface area (Å²) >= 11 is 0. The highest BCUT2D eigenvalue weighted by Crippen LogP contribution is 2.47. The first-order valence-corrected chi connectivity index (χ1v) is 20.5. The summed E-state index contributed by atoms with van der Waals surface area (Å²) in [6, 6.07) is 1.06. The molecule has 3 N–H and O–H groups in total. The van der Waals surface area contributed by atoms with Gasteiger partial charge in [-0.3, -0.25) is 19.1 Å². The smallest absolute Gasteiger partial charge is 0.427 e. The number of alkyl carbamates (subject to hydrolysis) is 1. The van der Waals surface area contributed by atoms with Crippen LogP contribution in [-0.2, 0) is 33.9 Å². The topological polar surface area (TPSA) is 192 Å². The fourth-order valence-corrected chi connectivity index (χ4v) is 8.39. The molecule has 2 saturated carbocycles. The summed E-state index contributed by atoms with van der Waals surface area (Å²) in [7, 11) is -2.81. The highest BCUT2D eigenvalue weighted by molar-refractivity contribution is 7.91. The predicted octanol–water partition coefficient (Wildman–Crippen LogP) is 4.19.